The molecular weight excluding hydrogens is 435 g/mol. The SMILES string of the molecule is COC(=O)C1=C(CN2CCN(c3ccc(F)cc3)CC2)NC(=O)N[C@H]1c1ccccc1Cl. The number of hydrogen-bond acceptors (Lipinski definition) is 5. The van der Waals surface area contributed by atoms with Crippen molar-refractivity contribution >= 4 is 29.3 Å². The number of methoxy groups -OCH3 is 1. The van der Waals surface area contributed by atoms with E-state index in [9.17, 15) is 14.0 Å². The second-order valence-corrected chi connectivity index (χ2v) is 8.08. The number of piperazine rings is 1. The van der Waals surface area contributed by atoms with Crippen molar-refractivity contribution in [2.24, 2.45) is 0 Å². The lowest BCUT2D eigenvalue weighted by molar-refractivity contribution is -0.136. The summed E-state index contributed by atoms with van der Waals surface area (Å²) in [6, 6.07) is 12.4. The van der Waals surface area contributed by atoms with E-state index in [-0.39, 0.29) is 5.82 Å². The average Bonchev–Trinajstić information content (AvgIpc) is 2.80. The summed E-state index contributed by atoms with van der Waals surface area (Å²) in [7, 11) is 1.31. The number of hydrogen-bond donors (Lipinski definition) is 2. The van der Waals surface area contributed by atoms with Gasteiger partial charge in [0, 0.05) is 49.1 Å². The van der Waals surface area contributed by atoms with E-state index in [1.54, 1.807) is 36.4 Å². The van der Waals surface area contributed by atoms with Crippen LogP contribution >= 0.6 is 11.6 Å². The Morgan fingerprint density at radius 3 is 2.47 bits per heavy atom. The van der Waals surface area contributed by atoms with Crippen molar-refractivity contribution in [2.75, 3.05) is 44.7 Å². The fourth-order valence-corrected chi connectivity index (χ4v) is 4.32. The molecule has 32 heavy (non-hydrogen) atoms. The number of carbonyl (C=O) groups is 2. The molecule has 0 unspecified atom stereocenters. The highest BCUT2D eigenvalue weighted by Crippen LogP contribution is 2.32. The number of anilines is 1. The molecule has 1 atom stereocenters. The van der Waals surface area contributed by atoms with Crippen molar-refractivity contribution in [1.82, 2.24) is 15.5 Å². The van der Waals surface area contributed by atoms with Gasteiger partial charge in [-0.15, -0.1) is 0 Å². The summed E-state index contributed by atoms with van der Waals surface area (Å²) in [5, 5.41) is 6.03. The molecule has 0 aromatic heterocycles. The predicted molar refractivity (Wildman–Crippen MR) is 120 cm³/mol. The Morgan fingerprint density at radius 2 is 1.81 bits per heavy atom. The first-order valence-corrected chi connectivity index (χ1v) is 10.7. The smallest absolute Gasteiger partial charge is 0.338 e. The third-order valence-electron chi connectivity index (χ3n) is 5.72. The van der Waals surface area contributed by atoms with Gasteiger partial charge in [0.15, 0.2) is 0 Å². The first-order valence-electron chi connectivity index (χ1n) is 10.3. The molecule has 168 valence electrons. The molecular formula is C23H24ClFN4O3. The highest BCUT2D eigenvalue weighted by atomic mass is 35.5. The third-order valence-corrected chi connectivity index (χ3v) is 6.07. The summed E-state index contributed by atoms with van der Waals surface area (Å²) in [6.07, 6.45) is 0. The fraction of sp³-hybridized carbons (Fsp3) is 0.304. The van der Waals surface area contributed by atoms with Crippen LogP contribution in [0.2, 0.25) is 5.02 Å². The van der Waals surface area contributed by atoms with E-state index >= 15 is 0 Å². The van der Waals surface area contributed by atoms with E-state index in [0.29, 0.717) is 28.4 Å². The summed E-state index contributed by atoms with van der Waals surface area (Å²) in [5.74, 6) is -0.785. The normalized spacial score (nSPS) is 19.4. The van der Waals surface area contributed by atoms with Crippen molar-refractivity contribution in [3.05, 3.63) is 76.2 Å². The molecule has 2 aliphatic heterocycles. The summed E-state index contributed by atoms with van der Waals surface area (Å²) in [6.45, 7) is 3.31. The molecule has 1 fully saturated rings. The minimum atomic E-state index is -0.708. The number of halogens is 2. The molecule has 2 N–H and O–H groups in total. The minimum absolute atomic E-state index is 0.260. The number of amides is 2. The van der Waals surface area contributed by atoms with Gasteiger partial charge >= 0.3 is 12.0 Å². The van der Waals surface area contributed by atoms with Gasteiger partial charge in [-0.1, -0.05) is 29.8 Å². The molecule has 2 aromatic rings. The van der Waals surface area contributed by atoms with Crippen molar-refractivity contribution in [3.8, 4) is 0 Å². The van der Waals surface area contributed by atoms with Gasteiger partial charge in [0.05, 0.1) is 18.7 Å². The van der Waals surface area contributed by atoms with E-state index in [4.69, 9.17) is 16.3 Å². The lowest BCUT2D eigenvalue weighted by Crippen LogP contribution is -2.51. The van der Waals surface area contributed by atoms with Gasteiger partial charge in [0.2, 0.25) is 0 Å². The van der Waals surface area contributed by atoms with E-state index in [1.807, 2.05) is 0 Å². The van der Waals surface area contributed by atoms with Crippen LogP contribution < -0.4 is 15.5 Å². The van der Waals surface area contributed by atoms with E-state index in [2.05, 4.69) is 20.4 Å². The molecule has 9 heteroatoms. The quantitative estimate of drug-likeness (QED) is 0.674. The highest BCUT2D eigenvalue weighted by molar-refractivity contribution is 6.31. The lowest BCUT2D eigenvalue weighted by atomic mass is 9.95. The Morgan fingerprint density at radius 1 is 1.12 bits per heavy atom. The number of esters is 1. The maximum absolute atomic E-state index is 13.2. The number of benzene rings is 2. The zero-order chi connectivity index (χ0) is 22.7. The molecule has 2 aromatic carbocycles. The third kappa shape index (κ3) is 4.71. The number of nitrogens with one attached hydrogen (secondary N) is 2. The number of rotatable bonds is 5. The molecule has 0 bridgehead atoms. The van der Waals surface area contributed by atoms with Gasteiger partial charge in [0.1, 0.15) is 5.82 Å². The molecule has 4 rings (SSSR count). The van der Waals surface area contributed by atoms with Crippen LogP contribution in [0.3, 0.4) is 0 Å². The molecule has 0 aliphatic carbocycles. The number of ether oxygens (including phenoxy) is 1. The number of urea groups is 1. The van der Waals surface area contributed by atoms with Crippen molar-refractivity contribution < 1.29 is 18.7 Å². The zero-order valence-corrected chi connectivity index (χ0v) is 18.4. The first-order chi connectivity index (χ1) is 15.5. The molecule has 7 nitrogen and oxygen atoms in total. The van der Waals surface area contributed by atoms with Gasteiger partial charge in [-0.05, 0) is 35.9 Å². The molecule has 2 aliphatic rings. The van der Waals surface area contributed by atoms with Crippen LogP contribution in [-0.2, 0) is 9.53 Å². The molecule has 2 heterocycles. The minimum Gasteiger partial charge on any atom is -0.466 e. The predicted octanol–water partition coefficient (Wildman–Crippen LogP) is 3.08. The van der Waals surface area contributed by atoms with Crippen LogP contribution in [0.15, 0.2) is 59.8 Å². The second-order valence-electron chi connectivity index (χ2n) is 7.68. The number of carbonyl (C=O) groups excluding carboxylic acids is 2. The van der Waals surface area contributed by atoms with Gasteiger partial charge in [0.25, 0.3) is 0 Å². The standard InChI is InChI=1S/C23H24ClFN4O3/c1-32-22(30)20-19(26-23(31)27-21(20)17-4-2-3-5-18(17)24)14-28-10-12-29(13-11-28)16-8-6-15(25)7-9-16/h2-9,21H,10-14H2,1H3,(H2,26,27,31)/t21-/m0/s1. The first kappa shape index (κ1) is 22.1. The van der Waals surface area contributed by atoms with Crippen LogP contribution in [0.1, 0.15) is 11.6 Å². The molecule has 1 saturated heterocycles. The van der Waals surface area contributed by atoms with Gasteiger partial charge in [-0.2, -0.15) is 0 Å². The van der Waals surface area contributed by atoms with E-state index < -0.39 is 18.0 Å². The summed E-state index contributed by atoms with van der Waals surface area (Å²) in [5.41, 5.74) is 2.43. The zero-order valence-electron chi connectivity index (χ0n) is 17.6. The highest BCUT2D eigenvalue weighted by Gasteiger charge is 2.35. The molecule has 0 saturated carbocycles. The Kier molecular flexibility index (Phi) is 6.62. The Bertz CT molecular complexity index is 1040. The largest absolute Gasteiger partial charge is 0.466 e. The topological polar surface area (TPSA) is 73.9 Å². The van der Waals surface area contributed by atoms with Gasteiger partial charge in [-0.3, -0.25) is 4.90 Å². The Hall–Kier alpha value is -3.10. The Balaban J connectivity index is 1.55. The van der Waals surface area contributed by atoms with E-state index in [0.717, 1.165) is 31.9 Å². The van der Waals surface area contributed by atoms with Gasteiger partial charge < -0.3 is 20.3 Å². The summed E-state index contributed by atoms with van der Waals surface area (Å²) in [4.78, 5) is 29.5. The lowest BCUT2D eigenvalue weighted by Gasteiger charge is -2.38. The maximum Gasteiger partial charge on any atom is 0.338 e. The summed E-state index contributed by atoms with van der Waals surface area (Å²) >= 11 is 6.36. The number of nitrogens with zero attached hydrogens (tertiary/aromatic N) is 2. The van der Waals surface area contributed by atoms with Crippen molar-refractivity contribution in [2.45, 2.75) is 6.04 Å². The fourth-order valence-electron chi connectivity index (χ4n) is 4.08. The Labute approximate surface area is 190 Å². The molecule has 2 amide bonds. The molecule has 0 spiro atoms. The van der Waals surface area contributed by atoms with E-state index in [1.165, 1.54) is 19.2 Å². The van der Waals surface area contributed by atoms with Crippen LogP contribution in [0.4, 0.5) is 14.9 Å². The average molecular weight is 459 g/mol. The van der Waals surface area contributed by atoms with Crippen molar-refractivity contribution in [3.63, 3.8) is 0 Å². The van der Waals surface area contributed by atoms with Gasteiger partial charge in [-0.25, -0.2) is 14.0 Å². The van der Waals surface area contributed by atoms with Crippen molar-refractivity contribution in [1.29, 1.82) is 0 Å². The van der Waals surface area contributed by atoms with Crippen LogP contribution in [-0.4, -0.2) is 56.7 Å². The molecule has 0 radical (unpaired) electrons. The van der Waals surface area contributed by atoms with Crippen LogP contribution in [0.5, 0.6) is 0 Å². The van der Waals surface area contributed by atoms with Crippen LogP contribution in [0, 0.1) is 5.82 Å². The summed E-state index contributed by atoms with van der Waals surface area (Å²) < 4.78 is 18.2. The second kappa shape index (κ2) is 9.58. The van der Waals surface area contributed by atoms with Crippen LogP contribution in [0.25, 0.3) is 0 Å². The maximum atomic E-state index is 13.2. The monoisotopic (exact) mass is 458 g/mol.